The molecule has 0 aromatic rings. The van der Waals surface area contributed by atoms with Crippen LogP contribution in [0.2, 0.25) is 0 Å². The number of nitrogens with zero attached hydrogens (tertiary/aromatic N) is 1. The van der Waals surface area contributed by atoms with Gasteiger partial charge in [0.2, 0.25) is 0 Å². The van der Waals surface area contributed by atoms with E-state index in [-0.39, 0.29) is 5.92 Å². The van der Waals surface area contributed by atoms with Gasteiger partial charge in [0.1, 0.15) is 5.78 Å². The van der Waals surface area contributed by atoms with Gasteiger partial charge in [-0.1, -0.05) is 6.92 Å². The summed E-state index contributed by atoms with van der Waals surface area (Å²) in [6.07, 6.45) is 3.52. The van der Waals surface area contributed by atoms with E-state index in [0.717, 1.165) is 18.2 Å². The number of thioether (sulfide) groups is 1. The van der Waals surface area contributed by atoms with Gasteiger partial charge in [0, 0.05) is 36.7 Å². The van der Waals surface area contributed by atoms with Crippen LogP contribution in [0.1, 0.15) is 33.1 Å². The number of carbonyl (C=O) groups is 1. The first-order valence-electron chi connectivity index (χ1n) is 6.07. The molecule has 2 aliphatic heterocycles. The summed E-state index contributed by atoms with van der Waals surface area (Å²) in [5.41, 5.74) is 0. The van der Waals surface area contributed by atoms with Crippen LogP contribution in [0.15, 0.2) is 0 Å². The Labute approximate surface area is 96.8 Å². The van der Waals surface area contributed by atoms with Crippen molar-refractivity contribution in [2.24, 2.45) is 5.92 Å². The summed E-state index contributed by atoms with van der Waals surface area (Å²) in [5, 5.41) is 0.827. The monoisotopic (exact) mass is 227 g/mol. The van der Waals surface area contributed by atoms with Gasteiger partial charge in [-0.15, -0.1) is 0 Å². The van der Waals surface area contributed by atoms with Crippen molar-refractivity contribution in [1.82, 2.24) is 4.90 Å². The Bertz CT molecular complexity index is 238. The number of ketones is 1. The predicted octanol–water partition coefficient (Wildman–Crippen LogP) is 2.18. The summed E-state index contributed by atoms with van der Waals surface area (Å²) in [5.74, 6) is 2.03. The van der Waals surface area contributed by atoms with Crippen molar-refractivity contribution in [1.29, 1.82) is 0 Å². The van der Waals surface area contributed by atoms with Crippen molar-refractivity contribution in [3.8, 4) is 0 Å². The lowest BCUT2D eigenvalue weighted by Gasteiger charge is -2.38. The normalized spacial score (nSPS) is 38.5. The van der Waals surface area contributed by atoms with Gasteiger partial charge in [0.15, 0.2) is 0 Å². The van der Waals surface area contributed by atoms with E-state index in [1.165, 1.54) is 25.1 Å². The first-order valence-corrected chi connectivity index (χ1v) is 7.11. The summed E-state index contributed by atoms with van der Waals surface area (Å²) in [7, 11) is 0. The third kappa shape index (κ3) is 2.56. The second-order valence-corrected chi connectivity index (χ2v) is 6.28. The molecule has 2 aliphatic rings. The Balaban J connectivity index is 1.88. The largest absolute Gasteiger partial charge is 0.299 e. The summed E-state index contributed by atoms with van der Waals surface area (Å²) >= 11 is 2.11. The molecule has 0 N–H and O–H groups in total. The maximum Gasteiger partial charge on any atom is 0.138 e. The van der Waals surface area contributed by atoms with Crippen molar-refractivity contribution in [2.75, 3.05) is 18.8 Å². The highest BCUT2D eigenvalue weighted by Crippen LogP contribution is 2.29. The highest BCUT2D eigenvalue weighted by atomic mass is 32.2. The Morgan fingerprint density at radius 3 is 2.93 bits per heavy atom. The van der Waals surface area contributed by atoms with Gasteiger partial charge in [-0.05, 0) is 25.5 Å². The summed E-state index contributed by atoms with van der Waals surface area (Å²) < 4.78 is 0. The number of piperidine rings is 1. The zero-order valence-corrected chi connectivity index (χ0v) is 10.6. The van der Waals surface area contributed by atoms with E-state index in [2.05, 4.69) is 30.5 Å². The molecule has 0 bridgehead atoms. The van der Waals surface area contributed by atoms with Crippen LogP contribution >= 0.6 is 11.8 Å². The maximum absolute atomic E-state index is 11.6. The van der Waals surface area contributed by atoms with Crippen LogP contribution in [0.25, 0.3) is 0 Å². The predicted molar refractivity (Wildman–Crippen MR) is 65.3 cm³/mol. The smallest absolute Gasteiger partial charge is 0.138 e. The Kier molecular flexibility index (Phi) is 3.73. The second kappa shape index (κ2) is 4.88. The van der Waals surface area contributed by atoms with E-state index >= 15 is 0 Å². The molecule has 0 radical (unpaired) electrons. The molecule has 0 aliphatic carbocycles. The van der Waals surface area contributed by atoms with Gasteiger partial charge in [-0.3, -0.25) is 9.69 Å². The molecule has 3 unspecified atom stereocenters. The lowest BCUT2D eigenvalue weighted by Crippen LogP contribution is -2.48. The number of Topliss-reactive ketones (excluding diaryl/α,β-unsaturated/α-hetero) is 1. The zero-order chi connectivity index (χ0) is 10.8. The molecule has 0 saturated carbocycles. The highest BCUT2D eigenvalue weighted by Gasteiger charge is 2.32. The number of rotatable bonds is 2. The lowest BCUT2D eigenvalue weighted by atomic mass is 9.90. The molecule has 2 nitrogen and oxygen atoms in total. The average molecular weight is 227 g/mol. The molecule has 0 aromatic heterocycles. The fourth-order valence-electron chi connectivity index (χ4n) is 2.58. The number of carbonyl (C=O) groups excluding carboxylic acids is 1. The molecule has 0 aromatic carbocycles. The topological polar surface area (TPSA) is 20.3 Å². The average Bonchev–Trinajstić information content (AvgIpc) is 2.72. The van der Waals surface area contributed by atoms with Crippen LogP contribution in [0.5, 0.6) is 0 Å². The van der Waals surface area contributed by atoms with Crippen molar-refractivity contribution < 1.29 is 4.79 Å². The van der Waals surface area contributed by atoms with Crippen molar-refractivity contribution in [2.45, 2.75) is 44.4 Å². The van der Waals surface area contributed by atoms with Crippen LogP contribution in [0, 0.1) is 5.92 Å². The molecule has 0 amide bonds. The van der Waals surface area contributed by atoms with E-state index < -0.39 is 0 Å². The molecular weight excluding hydrogens is 206 g/mol. The van der Waals surface area contributed by atoms with Crippen molar-refractivity contribution in [3.63, 3.8) is 0 Å². The van der Waals surface area contributed by atoms with Crippen LogP contribution in [-0.4, -0.2) is 40.8 Å². The van der Waals surface area contributed by atoms with Crippen LogP contribution < -0.4 is 0 Å². The van der Waals surface area contributed by atoms with Gasteiger partial charge in [0.05, 0.1) is 0 Å². The highest BCUT2D eigenvalue weighted by molar-refractivity contribution is 8.00. The molecule has 2 saturated heterocycles. The van der Waals surface area contributed by atoms with Crippen molar-refractivity contribution >= 4 is 17.5 Å². The lowest BCUT2D eigenvalue weighted by molar-refractivity contribution is -0.127. The maximum atomic E-state index is 11.6. The number of hydrogen-bond donors (Lipinski definition) is 0. The quantitative estimate of drug-likeness (QED) is 0.721. The van der Waals surface area contributed by atoms with Gasteiger partial charge in [0.25, 0.3) is 0 Å². The second-order valence-electron chi connectivity index (χ2n) is 4.88. The minimum Gasteiger partial charge on any atom is -0.299 e. The fourth-order valence-corrected chi connectivity index (χ4v) is 3.87. The first-order chi connectivity index (χ1) is 7.18. The molecule has 0 spiro atoms. The minimum absolute atomic E-state index is 0.241. The molecule has 2 fully saturated rings. The van der Waals surface area contributed by atoms with Crippen molar-refractivity contribution in [3.05, 3.63) is 0 Å². The molecular formula is C12H21NOS. The summed E-state index contributed by atoms with van der Waals surface area (Å²) in [4.78, 5) is 14.1. The van der Waals surface area contributed by atoms with Gasteiger partial charge >= 0.3 is 0 Å². The molecule has 86 valence electrons. The van der Waals surface area contributed by atoms with Gasteiger partial charge < -0.3 is 0 Å². The Morgan fingerprint density at radius 2 is 2.27 bits per heavy atom. The molecule has 3 atom stereocenters. The number of likely N-dealkylation sites (tertiary alicyclic amines) is 1. The molecule has 2 rings (SSSR count). The molecule has 2 heterocycles. The fraction of sp³-hybridized carbons (Fsp3) is 0.917. The zero-order valence-electron chi connectivity index (χ0n) is 9.74. The Morgan fingerprint density at radius 1 is 1.47 bits per heavy atom. The third-order valence-electron chi connectivity index (χ3n) is 3.91. The first kappa shape index (κ1) is 11.5. The standard InChI is InChI=1S/C12H21NOS/c1-9-10(2)13(6-5-12(9)14)8-11-4-3-7-15-11/h9-11H,3-8H2,1-2H3. The number of hydrogen-bond acceptors (Lipinski definition) is 3. The van der Waals surface area contributed by atoms with Crippen LogP contribution in [0.4, 0.5) is 0 Å². The van der Waals surface area contributed by atoms with Crippen LogP contribution in [-0.2, 0) is 4.79 Å². The van der Waals surface area contributed by atoms with Gasteiger partial charge in [-0.2, -0.15) is 11.8 Å². The van der Waals surface area contributed by atoms with E-state index in [9.17, 15) is 4.79 Å². The summed E-state index contributed by atoms with van der Waals surface area (Å²) in [6.45, 7) is 6.48. The van der Waals surface area contributed by atoms with E-state index in [4.69, 9.17) is 0 Å². The van der Waals surface area contributed by atoms with E-state index in [0.29, 0.717) is 11.8 Å². The van der Waals surface area contributed by atoms with Gasteiger partial charge in [-0.25, -0.2) is 0 Å². The SMILES string of the molecule is CC1C(=O)CCN(CC2CCCS2)C1C. The van der Waals surface area contributed by atoms with E-state index in [1.54, 1.807) is 0 Å². The minimum atomic E-state index is 0.241. The molecule has 15 heavy (non-hydrogen) atoms. The van der Waals surface area contributed by atoms with Crippen LogP contribution in [0.3, 0.4) is 0 Å². The summed E-state index contributed by atoms with van der Waals surface area (Å²) in [6, 6.07) is 0.451. The Hall–Kier alpha value is -0.0200. The van der Waals surface area contributed by atoms with E-state index in [1.807, 2.05) is 0 Å². The molecule has 3 heteroatoms. The third-order valence-corrected chi connectivity index (χ3v) is 5.30.